The highest BCUT2D eigenvalue weighted by Crippen LogP contribution is 2.34. The van der Waals surface area contributed by atoms with E-state index >= 15 is 0 Å². The maximum Gasteiger partial charge on any atom is 0.233 e. The van der Waals surface area contributed by atoms with Crippen LogP contribution in [0, 0.1) is 0 Å². The van der Waals surface area contributed by atoms with Crippen LogP contribution in [-0.4, -0.2) is 50.8 Å². The normalized spacial score (nSPS) is 18.6. The number of carbonyl (C=O) groups is 1. The minimum Gasteiger partial charge on any atom is -0.492 e. The quantitative estimate of drug-likeness (QED) is 0.845. The van der Waals surface area contributed by atoms with Gasteiger partial charge in [-0.05, 0) is 6.07 Å². The zero-order valence-electron chi connectivity index (χ0n) is 11.3. The standard InChI is InChI=1S/C14H20N2O3/c1-16(7-10(15)8-18-2)14(17)12-9-19-13-6-4-3-5-11(12)13/h3-6,10,12H,7-9,15H2,1-2H3. The Morgan fingerprint density at radius 2 is 2.32 bits per heavy atom. The van der Waals surface area contributed by atoms with Crippen LogP contribution in [0.1, 0.15) is 11.5 Å². The van der Waals surface area contributed by atoms with Crippen LogP contribution in [0.3, 0.4) is 0 Å². The first-order valence-corrected chi connectivity index (χ1v) is 6.34. The van der Waals surface area contributed by atoms with E-state index in [1.807, 2.05) is 24.3 Å². The van der Waals surface area contributed by atoms with Crippen LogP contribution < -0.4 is 10.5 Å². The highest BCUT2D eigenvalue weighted by molar-refractivity contribution is 5.85. The number of methoxy groups -OCH3 is 1. The number of likely N-dealkylation sites (N-methyl/N-ethyl adjacent to an activating group) is 1. The van der Waals surface area contributed by atoms with E-state index in [1.165, 1.54) is 0 Å². The molecule has 5 nitrogen and oxygen atoms in total. The van der Waals surface area contributed by atoms with Crippen molar-refractivity contribution >= 4 is 5.91 Å². The second-order valence-electron chi connectivity index (χ2n) is 4.84. The summed E-state index contributed by atoms with van der Waals surface area (Å²) in [4.78, 5) is 14.0. The Balaban J connectivity index is 2.01. The molecule has 0 fully saturated rings. The summed E-state index contributed by atoms with van der Waals surface area (Å²) in [6, 6.07) is 7.48. The van der Waals surface area contributed by atoms with Gasteiger partial charge < -0.3 is 20.1 Å². The van der Waals surface area contributed by atoms with Gasteiger partial charge in [0.25, 0.3) is 0 Å². The molecule has 0 bridgehead atoms. The molecule has 0 spiro atoms. The van der Waals surface area contributed by atoms with Crippen molar-refractivity contribution in [1.82, 2.24) is 4.90 Å². The Hall–Kier alpha value is -1.59. The average Bonchev–Trinajstić information content (AvgIpc) is 2.81. The first-order valence-electron chi connectivity index (χ1n) is 6.34. The van der Waals surface area contributed by atoms with Crippen molar-refractivity contribution in [2.24, 2.45) is 5.73 Å². The Kier molecular flexibility index (Phi) is 4.39. The van der Waals surface area contributed by atoms with Crippen molar-refractivity contribution in [3.05, 3.63) is 29.8 Å². The minimum atomic E-state index is -0.226. The van der Waals surface area contributed by atoms with Gasteiger partial charge in [0.1, 0.15) is 18.3 Å². The lowest BCUT2D eigenvalue weighted by atomic mass is 10.00. The van der Waals surface area contributed by atoms with Crippen LogP contribution in [0.5, 0.6) is 5.75 Å². The number of hydrogen-bond acceptors (Lipinski definition) is 4. The third-order valence-corrected chi connectivity index (χ3v) is 3.26. The molecule has 1 aromatic rings. The fourth-order valence-corrected chi connectivity index (χ4v) is 2.34. The maximum atomic E-state index is 12.4. The van der Waals surface area contributed by atoms with E-state index in [4.69, 9.17) is 15.2 Å². The summed E-state index contributed by atoms with van der Waals surface area (Å²) in [5.41, 5.74) is 6.82. The van der Waals surface area contributed by atoms with Crippen molar-refractivity contribution in [3.8, 4) is 5.75 Å². The van der Waals surface area contributed by atoms with Crippen LogP contribution >= 0.6 is 0 Å². The van der Waals surface area contributed by atoms with Gasteiger partial charge in [0.05, 0.1) is 6.61 Å². The number of carbonyl (C=O) groups excluding carboxylic acids is 1. The van der Waals surface area contributed by atoms with E-state index in [0.717, 1.165) is 11.3 Å². The zero-order valence-corrected chi connectivity index (χ0v) is 11.3. The van der Waals surface area contributed by atoms with Crippen molar-refractivity contribution < 1.29 is 14.3 Å². The van der Waals surface area contributed by atoms with Crippen LogP contribution in [-0.2, 0) is 9.53 Å². The number of nitrogens with two attached hydrogens (primary N) is 1. The first-order chi connectivity index (χ1) is 9.13. The topological polar surface area (TPSA) is 64.8 Å². The number of fused-ring (bicyclic) bond motifs is 1. The Bertz CT molecular complexity index is 450. The van der Waals surface area contributed by atoms with Gasteiger partial charge in [-0.3, -0.25) is 4.79 Å². The molecule has 0 saturated carbocycles. The lowest BCUT2D eigenvalue weighted by molar-refractivity contribution is -0.132. The number of rotatable bonds is 5. The molecule has 1 aliphatic heterocycles. The van der Waals surface area contributed by atoms with Crippen molar-refractivity contribution in [1.29, 1.82) is 0 Å². The van der Waals surface area contributed by atoms with Crippen LogP contribution in [0.15, 0.2) is 24.3 Å². The van der Waals surface area contributed by atoms with Gasteiger partial charge in [-0.2, -0.15) is 0 Å². The fourth-order valence-electron chi connectivity index (χ4n) is 2.34. The Morgan fingerprint density at radius 1 is 1.58 bits per heavy atom. The summed E-state index contributed by atoms with van der Waals surface area (Å²) < 4.78 is 10.5. The molecule has 0 aromatic heterocycles. The number of amides is 1. The average molecular weight is 264 g/mol. The van der Waals surface area contributed by atoms with Gasteiger partial charge >= 0.3 is 0 Å². The van der Waals surface area contributed by atoms with Gasteiger partial charge in [-0.15, -0.1) is 0 Å². The molecule has 2 unspecified atom stereocenters. The van der Waals surface area contributed by atoms with E-state index in [-0.39, 0.29) is 17.9 Å². The molecule has 104 valence electrons. The molecule has 0 aliphatic carbocycles. The van der Waals surface area contributed by atoms with Crippen LogP contribution in [0.2, 0.25) is 0 Å². The van der Waals surface area contributed by atoms with Crippen molar-refractivity contribution in [2.45, 2.75) is 12.0 Å². The molecule has 0 radical (unpaired) electrons. The van der Waals surface area contributed by atoms with Gasteiger partial charge in [0.15, 0.2) is 0 Å². The molecule has 2 atom stereocenters. The Labute approximate surface area is 113 Å². The third kappa shape index (κ3) is 3.05. The van der Waals surface area contributed by atoms with Gasteiger partial charge in [0.2, 0.25) is 5.91 Å². The number of para-hydroxylation sites is 1. The van der Waals surface area contributed by atoms with Crippen molar-refractivity contribution in [3.63, 3.8) is 0 Å². The lowest BCUT2D eigenvalue weighted by Gasteiger charge is -2.23. The first kappa shape index (κ1) is 13.8. The number of ether oxygens (including phenoxy) is 2. The highest BCUT2D eigenvalue weighted by atomic mass is 16.5. The van der Waals surface area contributed by atoms with Gasteiger partial charge in [-0.1, -0.05) is 18.2 Å². The zero-order chi connectivity index (χ0) is 13.8. The largest absolute Gasteiger partial charge is 0.492 e. The summed E-state index contributed by atoms with van der Waals surface area (Å²) in [5, 5.41) is 0. The molecule has 19 heavy (non-hydrogen) atoms. The van der Waals surface area contributed by atoms with Crippen molar-refractivity contribution in [2.75, 3.05) is 33.9 Å². The second kappa shape index (κ2) is 6.04. The van der Waals surface area contributed by atoms with E-state index in [9.17, 15) is 4.79 Å². The number of benzene rings is 1. The molecule has 2 rings (SSSR count). The monoisotopic (exact) mass is 264 g/mol. The molecular formula is C14H20N2O3. The highest BCUT2D eigenvalue weighted by Gasteiger charge is 2.32. The minimum absolute atomic E-state index is 0.0384. The number of hydrogen-bond donors (Lipinski definition) is 1. The molecular weight excluding hydrogens is 244 g/mol. The van der Waals surface area contributed by atoms with E-state index in [1.54, 1.807) is 19.1 Å². The summed E-state index contributed by atoms with van der Waals surface area (Å²) in [5.74, 6) is 0.614. The third-order valence-electron chi connectivity index (χ3n) is 3.26. The van der Waals surface area contributed by atoms with Crippen LogP contribution in [0.4, 0.5) is 0 Å². The predicted molar refractivity (Wildman–Crippen MR) is 72.2 cm³/mol. The van der Waals surface area contributed by atoms with E-state index in [2.05, 4.69) is 0 Å². The molecule has 5 heteroatoms. The fraction of sp³-hybridized carbons (Fsp3) is 0.500. The Morgan fingerprint density at radius 3 is 3.05 bits per heavy atom. The second-order valence-corrected chi connectivity index (χ2v) is 4.84. The summed E-state index contributed by atoms with van der Waals surface area (Å²) >= 11 is 0. The smallest absolute Gasteiger partial charge is 0.233 e. The van der Waals surface area contributed by atoms with E-state index < -0.39 is 0 Å². The van der Waals surface area contributed by atoms with Crippen LogP contribution in [0.25, 0.3) is 0 Å². The SMILES string of the molecule is COCC(N)CN(C)C(=O)C1COc2ccccc21. The van der Waals surface area contributed by atoms with Gasteiger partial charge in [-0.25, -0.2) is 0 Å². The predicted octanol–water partition coefficient (Wildman–Crippen LogP) is 0.595. The lowest BCUT2D eigenvalue weighted by Crippen LogP contribution is -2.43. The molecule has 1 heterocycles. The van der Waals surface area contributed by atoms with Gasteiger partial charge in [0, 0.05) is 32.3 Å². The number of nitrogens with zero attached hydrogens (tertiary/aromatic N) is 1. The molecule has 1 aliphatic rings. The molecule has 1 aromatic carbocycles. The summed E-state index contributed by atoms with van der Waals surface area (Å²) in [6.07, 6.45) is 0. The summed E-state index contributed by atoms with van der Waals surface area (Å²) in [6.45, 7) is 1.32. The summed E-state index contributed by atoms with van der Waals surface area (Å²) in [7, 11) is 3.36. The maximum absolute atomic E-state index is 12.4. The molecule has 0 saturated heterocycles. The molecule has 1 amide bonds. The molecule has 2 N–H and O–H groups in total. The van der Waals surface area contributed by atoms with E-state index in [0.29, 0.717) is 19.8 Å².